The summed E-state index contributed by atoms with van der Waals surface area (Å²) in [6, 6.07) is 0. The smallest absolute Gasteiger partial charge is 0.307 e. The predicted molar refractivity (Wildman–Crippen MR) is 65.0 cm³/mol. The molecule has 0 fully saturated rings. The highest BCUT2D eigenvalue weighted by Crippen LogP contribution is 2.08. The average Bonchev–Trinajstić information content (AvgIpc) is 2.14. The molecule has 0 rings (SSSR count). The lowest BCUT2D eigenvalue weighted by molar-refractivity contribution is -0.148. The molecule has 2 N–H and O–H groups in total. The summed E-state index contributed by atoms with van der Waals surface area (Å²) in [4.78, 5) is 20.8. The van der Waals surface area contributed by atoms with Crippen LogP contribution in [0.3, 0.4) is 0 Å². The summed E-state index contributed by atoms with van der Waals surface area (Å²) < 4.78 is 4.94. The van der Waals surface area contributed by atoms with Gasteiger partial charge in [0.1, 0.15) is 0 Å². The van der Waals surface area contributed by atoms with Crippen molar-refractivity contribution < 1.29 is 24.5 Å². The molecule has 0 aromatic rings. The average molecular weight is 246 g/mol. The highest BCUT2D eigenvalue weighted by atomic mass is 16.5. The van der Waals surface area contributed by atoms with Crippen LogP contribution in [0.4, 0.5) is 0 Å². The molecule has 0 radical (unpaired) electrons. The van der Waals surface area contributed by atoms with Crippen molar-refractivity contribution in [3.8, 4) is 0 Å². The minimum atomic E-state index is -1.09. The molecular formula is C12H22O5. The zero-order chi connectivity index (χ0) is 13.8. The van der Waals surface area contributed by atoms with Crippen LogP contribution in [0.2, 0.25) is 0 Å². The second-order valence-corrected chi connectivity index (χ2v) is 3.83. The number of carboxylic acids is 2. The molecule has 17 heavy (non-hydrogen) atoms. The monoisotopic (exact) mass is 246 g/mol. The molecule has 0 bridgehead atoms. The van der Waals surface area contributed by atoms with Crippen molar-refractivity contribution in [1.82, 2.24) is 0 Å². The van der Waals surface area contributed by atoms with Crippen molar-refractivity contribution in [2.75, 3.05) is 13.2 Å². The van der Waals surface area contributed by atoms with E-state index in [1.807, 2.05) is 13.8 Å². The van der Waals surface area contributed by atoms with E-state index in [1.165, 1.54) is 5.57 Å². The molecule has 0 aliphatic rings. The van der Waals surface area contributed by atoms with Gasteiger partial charge >= 0.3 is 11.9 Å². The molecule has 0 aromatic heterocycles. The quantitative estimate of drug-likeness (QED) is 0.531. The minimum absolute atomic E-state index is 0.246. The first-order valence-electron chi connectivity index (χ1n) is 5.45. The van der Waals surface area contributed by atoms with Gasteiger partial charge in [-0.3, -0.25) is 9.59 Å². The Morgan fingerprint density at radius 3 is 2.06 bits per heavy atom. The molecule has 0 heterocycles. The molecule has 0 aliphatic carbocycles. The van der Waals surface area contributed by atoms with Crippen LogP contribution in [0, 0.1) is 5.92 Å². The molecule has 1 unspecified atom stereocenters. The zero-order valence-electron chi connectivity index (χ0n) is 10.7. The van der Waals surface area contributed by atoms with Gasteiger partial charge in [0.25, 0.3) is 0 Å². The van der Waals surface area contributed by atoms with E-state index in [2.05, 4.69) is 6.58 Å². The summed E-state index contributed by atoms with van der Waals surface area (Å²) in [6.45, 7) is 10.1. The third kappa shape index (κ3) is 17.3. The Hall–Kier alpha value is -1.36. The van der Waals surface area contributed by atoms with Crippen LogP contribution in [0.1, 0.15) is 33.6 Å². The number of hydrogen-bond acceptors (Lipinski definition) is 3. The van der Waals surface area contributed by atoms with Gasteiger partial charge in [-0.25, -0.2) is 0 Å². The van der Waals surface area contributed by atoms with E-state index in [0.717, 1.165) is 0 Å². The van der Waals surface area contributed by atoms with E-state index in [9.17, 15) is 9.59 Å². The highest BCUT2D eigenvalue weighted by molar-refractivity contribution is 5.77. The number of carbonyl (C=O) groups is 2. The Balaban J connectivity index is 0. The second-order valence-electron chi connectivity index (χ2n) is 3.83. The van der Waals surface area contributed by atoms with Crippen LogP contribution in [-0.2, 0) is 14.3 Å². The topological polar surface area (TPSA) is 83.8 Å². The summed E-state index contributed by atoms with van der Waals surface area (Å²) in [7, 11) is 0. The van der Waals surface area contributed by atoms with Gasteiger partial charge in [-0.2, -0.15) is 0 Å². The fourth-order valence-electron chi connectivity index (χ4n) is 0.894. The maximum Gasteiger partial charge on any atom is 0.307 e. The largest absolute Gasteiger partial charge is 0.481 e. The molecule has 0 amide bonds. The van der Waals surface area contributed by atoms with Crippen LogP contribution in [-0.4, -0.2) is 35.4 Å². The van der Waals surface area contributed by atoms with Gasteiger partial charge in [-0.1, -0.05) is 5.57 Å². The van der Waals surface area contributed by atoms with Crippen LogP contribution in [0.25, 0.3) is 0 Å². The second kappa shape index (κ2) is 11.1. The first-order valence-corrected chi connectivity index (χ1v) is 5.45. The summed E-state index contributed by atoms with van der Waals surface area (Å²) in [5.74, 6) is -3.02. The summed E-state index contributed by atoms with van der Waals surface area (Å²) in [6.07, 6.45) is -0.0993. The number of allylic oxidation sites excluding steroid dienone is 1. The normalized spacial score (nSPS) is 11.0. The van der Waals surface area contributed by atoms with Crippen molar-refractivity contribution >= 4 is 11.9 Å². The van der Waals surface area contributed by atoms with Gasteiger partial charge < -0.3 is 14.9 Å². The van der Waals surface area contributed by atoms with Crippen LogP contribution < -0.4 is 0 Å². The molecule has 0 spiro atoms. The Morgan fingerprint density at radius 1 is 1.29 bits per heavy atom. The van der Waals surface area contributed by atoms with Crippen molar-refractivity contribution in [3.63, 3.8) is 0 Å². The lowest BCUT2D eigenvalue weighted by Crippen LogP contribution is -2.19. The Bertz CT molecular complexity index is 243. The summed E-state index contributed by atoms with van der Waals surface area (Å²) in [5, 5.41) is 17.0. The number of ether oxygens (including phenoxy) is 1. The molecule has 0 saturated heterocycles. The first-order chi connectivity index (χ1) is 7.81. The predicted octanol–water partition coefficient (Wildman–Crippen LogP) is 2.17. The van der Waals surface area contributed by atoms with Gasteiger partial charge in [0.2, 0.25) is 0 Å². The molecule has 5 nitrogen and oxygen atoms in total. The summed E-state index contributed by atoms with van der Waals surface area (Å²) in [5.41, 5.74) is 1.17. The molecule has 0 aliphatic heterocycles. The van der Waals surface area contributed by atoms with E-state index < -0.39 is 17.9 Å². The Labute approximate surface area is 102 Å². The number of carboxylic acid groups (broad SMARTS) is 2. The molecule has 100 valence electrons. The summed E-state index contributed by atoms with van der Waals surface area (Å²) >= 11 is 0. The maximum atomic E-state index is 10.5. The maximum absolute atomic E-state index is 10.5. The van der Waals surface area contributed by atoms with Gasteiger partial charge in [0.15, 0.2) is 0 Å². The minimum Gasteiger partial charge on any atom is -0.481 e. The molecule has 1 atom stereocenters. The van der Waals surface area contributed by atoms with E-state index in [4.69, 9.17) is 14.9 Å². The molecule has 0 aromatic carbocycles. The van der Waals surface area contributed by atoms with Gasteiger partial charge in [-0.15, -0.1) is 6.58 Å². The van der Waals surface area contributed by atoms with E-state index in [1.54, 1.807) is 6.92 Å². The number of rotatable bonds is 7. The molecule has 5 heteroatoms. The van der Waals surface area contributed by atoms with E-state index in [-0.39, 0.29) is 12.8 Å². The SMILES string of the molecule is C=C(C)C.CCOCCC(CC(=O)O)C(=O)O. The van der Waals surface area contributed by atoms with Crippen molar-refractivity contribution in [1.29, 1.82) is 0 Å². The third-order valence-electron chi connectivity index (χ3n) is 1.59. The van der Waals surface area contributed by atoms with Gasteiger partial charge in [-0.05, 0) is 27.2 Å². The first kappa shape index (κ1) is 18.0. The number of hydrogen-bond donors (Lipinski definition) is 2. The van der Waals surface area contributed by atoms with Crippen molar-refractivity contribution in [3.05, 3.63) is 12.2 Å². The zero-order valence-corrected chi connectivity index (χ0v) is 10.7. The fourth-order valence-corrected chi connectivity index (χ4v) is 0.894. The lowest BCUT2D eigenvalue weighted by Gasteiger charge is -2.08. The van der Waals surface area contributed by atoms with Gasteiger partial charge in [0.05, 0.1) is 12.3 Å². The van der Waals surface area contributed by atoms with Gasteiger partial charge in [0, 0.05) is 13.2 Å². The van der Waals surface area contributed by atoms with Crippen molar-refractivity contribution in [2.45, 2.75) is 33.6 Å². The number of aliphatic carboxylic acids is 2. The van der Waals surface area contributed by atoms with Crippen molar-refractivity contribution in [2.24, 2.45) is 5.92 Å². The highest BCUT2D eigenvalue weighted by Gasteiger charge is 2.20. The Morgan fingerprint density at radius 2 is 1.76 bits per heavy atom. The fraction of sp³-hybridized carbons (Fsp3) is 0.667. The lowest BCUT2D eigenvalue weighted by atomic mass is 10.0. The van der Waals surface area contributed by atoms with Crippen LogP contribution in [0.5, 0.6) is 0 Å². The van der Waals surface area contributed by atoms with E-state index in [0.29, 0.717) is 13.2 Å². The Kier molecular flexibility index (Phi) is 11.8. The molecular weight excluding hydrogens is 224 g/mol. The third-order valence-corrected chi connectivity index (χ3v) is 1.59. The molecule has 0 saturated carbocycles. The standard InChI is InChI=1S/C8H14O5.C4H8/c1-2-13-4-3-6(8(11)12)5-7(9)10;1-4(2)3/h6H,2-5H2,1H3,(H,9,10)(H,11,12);1H2,2-3H3. The van der Waals surface area contributed by atoms with Crippen LogP contribution >= 0.6 is 0 Å². The van der Waals surface area contributed by atoms with Crippen LogP contribution in [0.15, 0.2) is 12.2 Å². The van der Waals surface area contributed by atoms with E-state index >= 15 is 0 Å².